The van der Waals surface area contributed by atoms with E-state index in [4.69, 9.17) is 29.7 Å². The van der Waals surface area contributed by atoms with Crippen molar-refractivity contribution >= 4 is 33.9 Å². The first-order valence-electron chi connectivity index (χ1n) is 12.8. The van der Waals surface area contributed by atoms with Crippen molar-refractivity contribution in [3.63, 3.8) is 0 Å². The monoisotopic (exact) mass is 567 g/mol. The normalized spacial score (nSPS) is 15.2. The van der Waals surface area contributed by atoms with Crippen molar-refractivity contribution in [3.05, 3.63) is 54.1 Å². The summed E-state index contributed by atoms with van der Waals surface area (Å²) < 4.78 is 49.6. The van der Waals surface area contributed by atoms with Crippen LogP contribution in [0.4, 0.5) is 16.2 Å². The van der Waals surface area contributed by atoms with Crippen molar-refractivity contribution in [2.45, 2.75) is 13.3 Å². The number of methoxy groups -OCH3 is 1. The number of nitrogens with two attached hydrogens (primary N) is 1. The fourth-order valence-electron chi connectivity index (χ4n) is 4.72. The van der Waals surface area contributed by atoms with Crippen LogP contribution < -0.4 is 20.1 Å². The zero-order valence-corrected chi connectivity index (χ0v) is 22.9. The molecule has 0 spiro atoms. The van der Waals surface area contributed by atoms with Gasteiger partial charge in [-0.2, -0.15) is 0 Å². The van der Waals surface area contributed by atoms with Crippen molar-refractivity contribution in [2.24, 2.45) is 5.92 Å². The van der Waals surface area contributed by atoms with Crippen LogP contribution in [0.1, 0.15) is 12.5 Å². The minimum Gasteiger partial charge on any atom is -0.494 e. The number of fused-ring (bicyclic) bond motifs is 1. The molecule has 2 aromatic heterocycles. The topological polar surface area (TPSA) is 149 Å². The summed E-state index contributed by atoms with van der Waals surface area (Å²) in [5.74, 6) is 1.29. The summed E-state index contributed by atoms with van der Waals surface area (Å²) >= 11 is -2.11. The zero-order chi connectivity index (χ0) is 28.2. The molecule has 1 saturated heterocycles. The van der Waals surface area contributed by atoms with Gasteiger partial charge in [0.1, 0.15) is 22.9 Å². The molecule has 4 aromatic rings. The van der Waals surface area contributed by atoms with Crippen LogP contribution in [-0.2, 0) is 22.4 Å². The molecule has 5 rings (SSSR count). The molecule has 0 saturated carbocycles. The van der Waals surface area contributed by atoms with E-state index in [2.05, 4.69) is 19.6 Å². The van der Waals surface area contributed by atoms with Gasteiger partial charge in [0.25, 0.3) is 0 Å². The van der Waals surface area contributed by atoms with Crippen LogP contribution in [0.2, 0.25) is 0 Å². The third-order valence-corrected chi connectivity index (χ3v) is 7.13. The Morgan fingerprint density at radius 2 is 1.95 bits per heavy atom. The van der Waals surface area contributed by atoms with Crippen molar-refractivity contribution in [1.82, 2.24) is 24.7 Å². The van der Waals surface area contributed by atoms with Crippen LogP contribution in [0.25, 0.3) is 33.4 Å². The lowest BCUT2D eigenvalue weighted by Crippen LogP contribution is -2.37. The molecule has 40 heavy (non-hydrogen) atoms. The number of aromatic nitrogens is 4. The lowest BCUT2D eigenvalue weighted by atomic mass is 9.95. The van der Waals surface area contributed by atoms with Gasteiger partial charge in [-0.3, -0.25) is 4.55 Å². The van der Waals surface area contributed by atoms with Crippen LogP contribution in [0.15, 0.2) is 42.7 Å². The Bertz CT molecular complexity index is 1530. The lowest BCUT2D eigenvalue weighted by molar-refractivity contribution is 0.122. The molecular formula is C27H30FN7O4S. The molecule has 0 bridgehead atoms. The highest BCUT2D eigenvalue weighted by molar-refractivity contribution is 7.77. The lowest BCUT2D eigenvalue weighted by Gasteiger charge is -2.29. The summed E-state index contributed by atoms with van der Waals surface area (Å²) in [6, 6.07) is 8.91. The number of nitrogens with zero attached hydrogens (tertiary/aromatic N) is 5. The van der Waals surface area contributed by atoms with E-state index in [9.17, 15) is 4.21 Å². The molecule has 0 radical (unpaired) electrons. The van der Waals surface area contributed by atoms with Crippen LogP contribution in [-0.4, -0.2) is 68.7 Å². The Kier molecular flexibility index (Phi) is 8.45. The van der Waals surface area contributed by atoms with Gasteiger partial charge < -0.3 is 20.1 Å². The standard InChI is InChI=1S/C27H30FN7O4S/c1-16(13-32-40(36)37)10-17-4-3-5-20(23(17)28)18-11-21-24(22(12-18)38-2)33-25(19-14-30-27(29)31-15-19)34-26(21)35-6-8-39-9-7-35/h3-5,11-12,14-16,32H,6-10,13H2,1-2H3,(H,36,37)(H2,29,30,31). The van der Waals surface area contributed by atoms with Gasteiger partial charge >= 0.3 is 0 Å². The minimum atomic E-state index is -2.11. The van der Waals surface area contributed by atoms with E-state index in [0.29, 0.717) is 83.3 Å². The maximum absolute atomic E-state index is 15.9. The molecule has 3 heterocycles. The zero-order valence-electron chi connectivity index (χ0n) is 22.1. The van der Waals surface area contributed by atoms with Crippen molar-refractivity contribution in [3.8, 4) is 28.3 Å². The van der Waals surface area contributed by atoms with Gasteiger partial charge in [-0.25, -0.2) is 33.3 Å². The number of hydrogen-bond acceptors (Lipinski definition) is 9. The SMILES string of the molecule is COc1cc(-c2cccc(CC(C)CNS(=O)O)c2F)cc2c(N3CCOCC3)nc(-c3cnc(N)nc3)nc12. The first-order chi connectivity index (χ1) is 19.3. The van der Waals surface area contributed by atoms with E-state index < -0.39 is 11.3 Å². The Labute approximate surface area is 233 Å². The van der Waals surface area contributed by atoms with Gasteiger partial charge in [0.2, 0.25) is 17.2 Å². The third kappa shape index (κ3) is 6.02. The van der Waals surface area contributed by atoms with E-state index in [1.165, 1.54) is 0 Å². The van der Waals surface area contributed by atoms with Gasteiger partial charge in [-0.05, 0) is 35.6 Å². The Balaban J connectivity index is 1.62. The van der Waals surface area contributed by atoms with Crippen LogP contribution in [0.5, 0.6) is 5.75 Å². The molecule has 1 fully saturated rings. The van der Waals surface area contributed by atoms with Crippen LogP contribution >= 0.6 is 0 Å². The summed E-state index contributed by atoms with van der Waals surface area (Å²) in [6.07, 6.45) is 3.54. The number of nitrogen functional groups attached to an aromatic ring is 1. The van der Waals surface area contributed by atoms with Gasteiger partial charge in [-0.1, -0.05) is 25.1 Å². The van der Waals surface area contributed by atoms with Crippen molar-refractivity contribution < 1.29 is 22.6 Å². The highest BCUT2D eigenvalue weighted by Crippen LogP contribution is 2.38. The second-order valence-corrected chi connectivity index (χ2v) is 10.3. The van der Waals surface area contributed by atoms with Crippen LogP contribution in [0, 0.1) is 11.7 Å². The minimum absolute atomic E-state index is 0.0657. The molecular weight excluding hydrogens is 537 g/mol. The third-order valence-electron chi connectivity index (χ3n) is 6.72. The molecule has 4 N–H and O–H groups in total. The molecule has 1 aliphatic rings. The van der Waals surface area contributed by atoms with Crippen molar-refractivity contribution in [1.29, 1.82) is 0 Å². The number of rotatable bonds is 9. The molecule has 1 aliphatic heterocycles. The molecule has 11 nitrogen and oxygen atoms in total. The number of hydrogen-bond donors (Lipinski definition) is 3. The number of benzene rings is 2. The second kappa shape index (κ2) is 12.2. The number of nitrogens with one attached hydrogen (secondary N) is 1. The Morgan fingerprint density at radius 3 is 2.65 bits per heavy atom. The Hall–Kier alpha value is -3.78. The molecule has 0 aliphatic carbocycles. The summed E-state index contributed by atoms with van der Waals surface area (Å²) in [5.41, 5.74) is 8.39. The van der Waals surface area contributed by atoms with Gasteiger partial charge in [0.15, 0.2) is 5.82 Å². The van der Waals surface area contributed by atoms with E-state index in [-0.39, 0.29) is 24.2 Å². The van der Waals surface area contributed by atoms with Gasteiger partial charge in [0, 0.05) is 43.0 Å². The molecule has 2 atom stereocenters. The smallest absolute Gasteiger partial charge is 0.231 e. The summed E-state index contributed by atoms with van der Waals surface area (Å²) in [6.45, 7) is 4.53. The van der Waals surface area contributed by atoms with E-state index in [1.54, 1.807) is 43.8 Å². The van der Waals surface area contributed by atoms with Gasteiger partial charge in [0.05, 0.1) is 25.9 Å². The second-order valence-electron chi connectivity index (χ2n) is 9.56. The van der Waals surface area contributed by atoms with E-state index in [0.717, 1.165) is 0 Å². The van der Waals surface area contributed by atoms with E-state index >= 15 is 4.39 Å². The average molecular weight is 568 g/mol. The largest absolute Gasteiger partial charge is 0.494 e. The van der Waals surface area contributed by atoms with Gasteiger partial charge in [-0.15, -0.1) is 0 Å². The number of ether oxygens (including phenoxy) is 2. The summed E-state index contributed by atoms with van der Waals surface area (Å²) in [7, 11) is 1.55. The quantitative estimate of drug-likeness (QED) is 0.257. The predicted octanol–water partition coefficient (Wildman–Crippen LogP) is 3.23. The van der Waals surface area contributed by atoms with E-state index in [1.807, 2.05) is 13.0 Å². The molecule has 13 heteroatoms. The van der Waals surface area contributed by atoms with Crippen LogP contribution in [0.3, 0.4) is 0 Å². The summed E-state index contributed by atoms with van der Waals surface area (Å²) in [4.78, 5) is 20.0. The highest BCUT2D eigenvalue weighted by Gasteiger charge is 2.22. The van der Waals surface area contributed by atoms with Crippen molar-refractivity contribution in [2.75, 3.05) is 50.6 Å². The first-order valence-corrected chi connectivity index (χ1v) is 13.9. The number of halogens is 1. The predicted molar refractivity (Wildman–Crippen MR) is 152 cm³/mol. The highest BCUT2D eigenvalue weighted by atomic mass is 32.2. The summed E-state index contributed by atoms with van der Waals surface area (Å²) in [5, 5.41) is 0.712. The number of anilines is 2. The molecule has 2 aromatic carbocycles. The number of morpholine rings is 1. The molecule has 210 valence electrons. The maximum Gasteiger partial charge on any atom is 0.231 e. The Morgan fingerprint density at radius 1 is 1.20 bits per heavy atom. The fraction of sp³-hybridized carbons (Fsp3) is 0.333. The average Bonchev–Trinajstić information content (AvgIpc) is 2.97. The first kappa shape index (κ1) is 27.8. The molecule has 0 amide bonds. The maximum atomic E-state index is 15.9. The fourth-order valence-corrected chi connectivity index (χ4v) is 5.14. The molecule has 2 unspecified atom stereocenters.